The predicted octanol–water partition coefficient (Wildman–Crippen LogP) is 0.321. The molecule has 0 unspecified atom stereocenters. The van der Waals surface area contributed by atoms with Gasteiger partial charge in [0, 0.05) is 18.2 Å². The molecule has 1 aliphatic heterocycles. The molecule has 10 heavy (non-hydrogen) atoms. The minimum absolute atomic E-state index is 0.178. The zero-order valence-corrected chi connectivity index (χ0v) is 6.26. The smallest absolute Gasteiger partial charge is 0.256 e. The van der Waals surface area contributed by atoms with E-state index in [1.165, 1.54) is 7.05 Å². The Hall–Kier alpha value is -1.12. The van der Waals surface area contributed by atoms with Crippen molar-refractivity contribution >= 4 is 11.8 Å². The summed E-state index contributed by atoms with van der Waals surface area (Å²) in [6.07, 6.45) is 0. The molecular weight excluding hydrogens is 130 g/mol. The molecule has 0 saturated carbocycles. The van der Waals surface area contributed by atoms with Gasteiger partial charge in [-0.15, -0.1) is 0 Å². The van der Waals surface area contributed by atoms with E-state index >= 15 is 0 Å². The Bertz CT molecular complexity index is 216. The van der Waals surface area contributed by atoms with E-state index in [1.54, 1.807) is 13.8 Å². The number of rotatable bonds is 0. The van der Waals surface area contributed by atoms with Gasteiger partial charge < -0.3 is 0 Å². The van der Waals surface area contributed by atoms with Crippen LogP contribution < -0.4 is 0 Å². The summed E-state index contributed by atoms with van der Waals surface area (Å²) in [6.45, 7) is 3.33. The van der Waals surface area contributed by atoms with Crippen LogP contribution in [0.25, 0.3) is 0 Å². The first-order chi connectivity index (χ1) is 4.55. The molecule has 0 saturated heterocycles. The van der Waals surface area contributed by atoms with Crippen LogP contribution in [0.5, 0.6) is 0 Å². The zero-order valence-electron chi connectivity index (χ0n) is 6.26. The van der Waals surface area contributed by atoms with Crippen molar-refractivity contribution in [2.24, 2.45) is 0 Å². The van der Waals surface area contributed by atoms with Crippen LogP contribution in [-0.2, 0) is 9.59 Å². The Morgan fingerprint density at radius 3 is 1.40 bits per heavy atom. The average molecular weight is 139 g/mol. The van der Waals surface area contributed by atoms with E-state index in [0.29, 0.717) is 11.1 Å². The van der Waals surface area contributed by atoms with E-state index in [9.17, 15) is 9.59 Å². The highest BCUT2D eigenvalue weighted by Gasteiger charge is 2.29. The van der Waals surface area contributed by atoms with Gasteiger partial charge in [0.1, 0.15) is 0 Å². The van der Waals surface area contributed by atoms with E-state index < -0.39 is 0 Å². The van der Waals surface area contributed by atoms with E-state index in [4.69, 9.17) is 0 Å². The van der Waals surface area contributed by atoms with Gasteiger partial charge in [-0.2, -0.15) is 0 Å². The Morgan fingerprint density at radius 1 is 1.00 bits per heavy atom. The molecular formula is C7H9NO2. The topological polar surface area (TPSA) is 37.4 Å². The molecule has 2 amide bonds. The normalized spacial score (nSPS) is 19.3. The number of hydrogen-bond acceptors (Lipinski definition) is 2. The van der Waals surface area contributed by atoms with Crippen LogP contribution in [-0.4, -0.2) is 23.8 Å². The molecule has 1 heterocycles. The number of imide groups is 1. The molecule has 1 rings (SSSR count). The molecule has 0 aromatic rings. The highest BCUT2D eigenvalue weighted by Crippen LogP contribution is 2.16. The number of carbonyl (C=O) groups excluding carboxylic acids is 2. The summed E-state index contributed by atoms with van der Waals surface area (Å²) in [5.41, 5.74) is 1.13. The lowest BCUT2D eigenvalue weighted by atomic mass is 10.2. The molecule has 0 atom stereocenters. The van der Waals surface area contributed by atoms with Gasteiger partial charge in [0.05, 0.1) is 0 Å². The van der Waals surface area contributed by atoms with E-state index in [1.807, 2.05) is 0 Å². The van der Waals surface area contributed by atoms with Crippen molar-refractivity contribution in [1.82, 2.24) is 4.90 Å². The lowest BCUT2D eigenvalue weighted by Crippen LogP contribution is -2.26. The maximum atomic E-state index is 11.0. The summed E-state index contributed by atoms with van der Waals surface area (Å²) in [5.74, 6) is -0.356. The molecule has 0 radical (unpaired) electrons. The minimum Gasteiger partial charge on any atom is -0.278 e. The first-order valence-electron chi connectivity index (χ1n) is 3.05. The summed E-state index contributed by atoms with van der Waals surface area (Å²) in [7, 11) is 1.49. The maximum absolute atomic E-state index is 11.0. The molecule has 0 bridgehead atoms. The molecule has 0 aromatic carbocycles. The highest BCUT2D eigenvalue weighted by molar-refractivity contribution is 6.18. The molecule has 0 spiro atoms. The molecule has 0 fully saturated rings. The van der Waals surface area contributed by atoms with Crippen LogP contribution in [0.3, 0.4) is 0 Å². The van der Waals surface area contributed by atoms with E-state index in [0.717, 1.165) is 4.90 Å². The second-order valence-corrected chi connectivity index (χ2v) is 2.42. The third-order valence-electron chi connectivity index (χ3n) is 1.81. The highest BCUT2D eigenvalue weighted by atomic mass is 16.2. The fourth-order valence-corrected chi connectivity index (χ4v) is 0.916. The molecule has 3 heteroatoms. The lowest BCUT2D eigenvalue weighted by Gasteiger charge is -2.04. The van der Waals surface area contributed by atoms with Gasteiger partial charge in [-0.25, -0.2) is 0 Å². The largest absolute Gasteiger partial charge is 0.278 e. The molecule has 1 aliphatic rings. The van der Waals surface area contributed by atoms with Crippen LogP contribution in [0.15, 0.2) is 11.1 Å². The predicted molar refractivity (Wildman–Crippen MR) is 36.2 cm³/mol. The summed E-state index contributed by atoms with van der Waals surface area (Å²) >= 11 is 0. The van der Waals surface area contributed by atoms with Crippen molar-refractivity contribution in [1.29, 1.82) is 0 Å². The van der Waals surface area contributed by atoms with Crippen molar-refractivity contribution in [3.63, 3.8) is 0 Å². The summed E-state index contributed by atoms with van der Waals surface area (Å²) < 4.78 is 0. The van der Waals surface area contributed by atoms with Gasteiger partial charge in [0.2, 0.25) is 0 Å². The van der Waals surface area contributed by atoms with Crippen LogP contribution in [0.1, 0.15) is 13.8 Å². The Morgan fingerprint density at radius 2 is 1.30 bits per heavy atom. The Balaban J connectivity index is 3.11. The number of amides is 2. The van der Waals surface area contributed by atoms with Gasteiger partial charge in [-0.1, -0.05) is 0 Å². The molecule has 3 nitrogen and oxygen atoms in total. The Labute approximate surface area is 59.3 Å². The third kappa shape index (κ3) is 0.667. The van der Waals surface area contributed by atoms with Gasteiger partial charge in [-0.05, 0) is 13.8 Å². The first kappa shape index (κ1) is 6.99. The van der Waals surface area contributed by atoms with Crippen molar-refractivity contribution in [3.8, 4) is 0 Å². The standard InChI is InChI=1S/C7H9NO2/c1-4-5(2)7(10)8(3)6(4)9/h1-3H3. The van der Waals surface area contributed by atoms with Gasteiger partial charge in [0.25, 0.3) is 11.8 Å². The van der Waals surface area contributed by atoms with Crippen LogP contribution >= 0.6 is 0 Å². The van der Waals surface area contributed by atoms with E-state index in [2.05, 4.69) is 0 Å². The minimum atomic E-state index is -0.178. The number of nitrogens with zero attached hydrogens (tertiary/aromatic N) is 1. The first-order valence-corrected chi connectivity index (χ1v) is 3.05. The van der Waals surface area contributed by atoms with Gasteiger partial charge in [-0.3, -0.25) is 14.5 Å². The van der Waals surface area contributed by atoms with Gasteiger partial charge >= 0.3 is 0 Å². The number of carbonyl (C=O) groups is 2. The maximum Gasteiger partial charge on any atom is 0.256 e. The van der Waals surface area contributed by atoms with Crippen molar-refractivity contribution in [2.75, 3.05) is 7.05 Å². The summed E-state index contributed by atoms with van der Waals surface area (Å²) in [6, 6.07) is 0. The number of hydrogen-bond donors (Lipinski definition) is 0. The van der Waals surface area contributed by atoms with Crippen molar-refractivity contribution in [3.05, 3.63) is 11.1 Å². The molecule has 54 valence electrons. The van der Waals surface area contributed by atoms with Gasteiger partial charge in [0.15, 0.2) is 0 Å². The monoisotopic (exact) mass is 139 g/mol. The molecule has 0 aromatic heterocycles. The van der Waals surface area contributed by atoms with Crippen LogP contribution in [0.2, 0.25) is 0 Å². The summed E-state index contributed by atoms with van der Waals surface area (Å²) in [4.78, 5) is 23.1. The van der Waals surface area contributed by atoms with Crippen molar-refractivity contribution in [2.45, 2.75) is 13.8 Å². The lowest BCUT2D eigenvalue weighted by molar-refractivity contribution is -0.135. The fourth-order valence-electron chi connectivity index (χ4n) is 0.916. The van der Waals surface area contributed by atoms with Crippen molar-refractivity contribution < 1.29 is 9.59 Å². The molecule has 0 aliphatic carbocycles. The SMILES string of the molecule is CC1=C(C)C(=O)N(C)C1=O. The molecule has 0 N–H and O–H groups in total. The van der Waals surface area contributed by atoms with Crippen LogP contribution in [0.4, 0.5) is 0 Å². The van der Waals surface area contributed by atoms with Crippen LogP contribution in [0, 0.1) is 0 Å². The average Bonchev–Trinajstić information content (AvgIpc) is 2.07. The Kier molecular flexibility index (Phi) is 1.35. The van der Waals surface area contributed by atoms with E-state index in [-0.39, 0.29) is 11.8 Å². The zero-order chi connectivity index (χ0) is 7.89. The quantitative estimate of drug-likeness (QED) is 0.453. The second kappa shape index (κ2) is 1.94. The number of likely N-dealkylation sites (N-methyl/N-ethyl adjacent to an activating group) is 1. The third-order valence-corrected chi connectivity index (χ3v) is 1.81. The summed E-state index contributed by atoms with van der Waals surface area (Å²) in [5, 5.41) is 0. The fraction of sp³-hybridized carbons (Fsp3) is 0.429. The second-order valence-electron chi connectivity index (χ2n) is 2.42.